The van der Waals surface area contributed by atoms with Crippen molar-refractivity contribution in [2.24, 2.45) is 5.73 Å². The van der Waals surface area contributed by atoms with Crippen LogP contribution < -0.4 is 41.8 Å². The number of ether oxygens (including phenoxy) is 2. The number of anilines is 4. The molecule has 0 aliphatic carbocycles. The first-order valence-electron chi connectivity index (χ1n) is 18.7. The molecule has 0 radical (unpaired) electrons. The Morgan fingerprint density at radius 3 is 1.66 bits per heavy atom. The highest BCUT2D eigenvalue weighted by Gasteiger charge is 2.25. The standard InChI is InChI=1S/C44H42N6O11/c1-24(2)60-38-34(22-21-33(37(38)52)42(56)47-30-19-13-28(14-20-30)44(58)59)49-40(54)26-11-17-31(18-12-26)48-43(57)35(23-36(45)51)50-41(55)27-9-15-29(16-10-27)46-39(53)25(3)61-32-7-5-4-6-8-32/h4-22,24-25,35,52H,23H2,1-3H3,(H2,45,51)(H,46,53)(H,47,56)(H,48,57)(H,49,54)(H,50,55)(H,58,59)/t25?,35-/m0/s1. The van der Waals surface area contributed by atoms with Gasteiger partial charge in [0, 0.05) is 28.2 Å². The molecule has 5 aromatic rings. The number of carbonyl (C=O) groups excluding carboxylic acids is 6. The van der Waals surface area contributed by atoms with Gasteiger partial charge in [-0.3, -0.25) is 28.8 Å². The number of nitrogens with two attached hydrogens (primary N) is 1. The SMILES string of the molecule is CC(C)Oc1c(NC(=O)c2ccc(NC(=O)[C@H](CC(N)=O)NC(=O)c3ccc(NC(=O)C(C)Oc4ccccc4)cc3)cc2)ccc(C(=O)Nc2ccc(C(=O)O)cc2)c1O. The van der Waals surface area contributed by atoms with Crippen LogP contribution in [0.4, 0.5) is 22.7 Å². The molecule has 9 N–H and O–H groups in total. The monoisotopic (exact) mass is 830 g/mol. The van der Waals surface area contributed by atoms with E-state index in [4.69, 9.17) is 20.3 Å². The number of hydrogen-bond donors (Lipinski definition) is 8. The Hall–Kier alpha value is -8.21. The number of rotatable bonds is 17. The zero-order valence-corrected chi connectivity index (χ0v) is 33.1. The number of primary amides is 1. The maximum Gasteiger partial charge on any atom is 0.335 e. The molecule has 0 bridgehead atoms. The van der Waals surface area contributed by atoms with E-state index >= 15 is 0 Å². The van der Waals surface area contributed by atoms with Gasteiger partial charge in [0.1, 0.15) is 11.8 Å². The Morgan fingerprint density at radius 2 is 1.11 bits per heavy atom. The van der Waals surface area contributed by atoms with Gasteiger partial charge >= 0.3 is 5.97 Å². The summed E-state index contributed by atoms with van der Waals surface area (Å²) < 4.78 is 11.4. The summed E-state index contributed by atoms with van der Waals surface area (Å²) in [5.41, 5.74) is 6.40. The van der Waals surface area contributed by atoms with Crippen molar-refractivity contribution >= 4 is 64.2 Å². The van der Waals surface area contributed by atoms with Gasteiger partial charge in [-0.05, 0) is 118 Å². The molecule has 314 valence electrons. The van der Waals surface area contributed by atoms with Crippen LogP contribution >= 0.6 is 0 Å². The van der Waals surface area contributed by atoms with Gasteiger partial charge in [-0.25, -0.2) is 4.79 Å². The summed E-state index contributed by atoms with van der Waals surface area (Å²) in [6.07, 6.45) is -1.82. The molecular formula is C44H42N6O11. The number of carbonyl (C=O) groups is 7. The van der Waals surface area contributed by atoms with Crippen LogP contribution in [0, 0.1) is 0 Å². The lowest BCUT2D eigenvalue weighted by Gasteiger charge is -2.19. The van der Waals surface area contributed by atoms with Crippen molar-refractivity contribution in [3.8, 4) is 17.2 Å². The average molecular weight is 831 g/mol. The molecular weight excluding hydrogens is 789 g/mol. The van der Waals surface area contributed by atoms with Crippen molar-refractivity contribution in [3.63, 3.8) is 0 Å². The molecule has 1 unspecified atom stereocenters. The van der Waals surface area contributed by atoms with Gasteiger partial charge in [0.05, 0.1) is 29.3 Å². The molecule has 0 saturated carbocycles. The minimum atomic E-state index is -1.38. The summed E-state index contributed by atoms with van der Waals surface area (Å²) in [7, 11) is 0. The number of amides is 6. The second kappa shape index (κ2) is 20.0. The molecule has 17 heteroatoms. The number of aromatic carboxylic acids is 1. The predicted molar refractivity (Wildman–Crippen MR) is 225 cm³/mol. The molecule has 0 aliphatic rings. The quantitative estimate of drug-likeness (QED) is 0.0588. The van der Waals surface area contributed by atoms with Crippen molar-refractivity contribution in [3.05, 3.63) is 138 Å². The molecule has 17 nitrogen and oxygen atoms in total. The Labute approximate surface area is 349 Å². The zero-order chi connectivity index (χ0) is 44.2. The summed E-state index contributed by atoms with van der Waals surface area (Å²) in [6, 6.07) is 26.9. The van der Waals surface area contributed by atoms with E-state index in [1.807, 2.05) is 6.07 Å². The van der Waals surface area contributed by atoms with E-state index in [0.29, 0.717) is 11.4 Å². The number of benzene rings is 5. The summed E-state index contributed by atoms with van der Waals surface area (Å²) in [5.74, 6) is -5.44. The van der Waals surface area contributed by atoms with Crippen LogP contribution in [0.25, 0.3) is 0 Å². The second-order valence-corrected chi connectivity index (χ2v) is 13.7. The van der Waals surface area contributed by atoms with Gasteiger partial charge in [-0.2, -0.15) is 0 Å². The summed E-state index contributed by atoms with van der Waals surface area (Å²) >= 11 is 0. The number of aromatic hydroxyl groups is 1. The summed E-state index contributed by atoms with van der Waals surface area (Å²) in [5, 5.41) is 33.2. The lowest BCUT2D eigenvalue weighted by molar-refractivity contribution is -0.123. The van der Waals surface area contributed by atoms with Crippen LogP contribution in [0.15, 0.2) is 115 Å². The van der Waals surface area contributed by atoms with Crippen molar-refractivity contribution < 1.29 is 53.2 Å². The number of carboxylic acids is 1. The fraction of sp³-hybridized carbons (Fsp3) is 0.159. The van der Waals surface area contributed by atoms with Crippen molar-refractivity contribution in [1.82, 2.24) is 5.32 Å². The molecule has 0 aromatic heterocycles. The smallest absolute Gasteiger partial charge is 0.335 e. The van der Waals surface area contributed by atoms with Crippen LogP contribution in [0.3, 0.4) is 0 Å². The van der Waals surface area contributed by atoms with E-state index in [1.54, 1.807) is 45.0 Å². The van der Waals surface area contributed by atoms with Gasteiger partial charge in [0.2, 0.25) is 11.8 Å². The van der Waals surface area contributed by atoms with E-state index in [-0.39, 0.29) is 45.1 Å². The lowest BCUT2D eigenvalue weighted by atomic mass is 10.1. The topological polar surface area (TPSA) is 265 Å². The largest absolute Gasteiger partial charge is 0.504 e. The van der Waals surface area contributed by atoms with Crippen molar-refractivity contribution in [2.45, 2.75) is 45.4 Å². The number of para-hydroxylation sites is 1. The fourth-order valence-electron chi connectivity index (χ4n) is 5.59. The first-order valence-corrected chi connectivity index (χ1v) is 18.7. The molecule has 0 heterocycles. The summed E-state index contributed by atoms with van der Waals surface area (Å²) in [6.45, 7) is 4.95. The Bertz CT molecular complexity index is 2420. The second-order valence-electron chi connectivity index (χ2n) is 13.7. The summed E-state index contributed by atoms with van der Waals surface area (Å²) in [4.78, 5) is 88.4. The number of nitrogens with one attached hydrogen (secondary N) is 5. The number of carboxylic acid groups (broad SMARTS) is 1. The molecule has 0 spiro atoms. The van der Waals surface area contributed by atoms with Crippen LogP contribution in [-0.2, 0) is 14.4 Å². The maximum absolute atomic E-state index is 13.3. The Balaban J connectivity index is 1.20. The third-order valence-corrected chi connectivity index (χ3v) is 8.65. The molecule has 0 fully saturated rings. The zero-order valence-electron chi connectivity index (χ0n) is 33.1. The molecule has 0 saturated heterocycles. The highest BCUT2D eigenvalue weighted by molar-refractivity contribution is 6.10. The van der Waals surface area contributed by atoms with Gasteiger partial charge in [-0.1, -0.05) is 18.2 Å². The van der Waals surface area contributed by atoms with Gasteiger partial charge < -0.3 is 52.0 Å². The number of hydrogen-bond acceptors (Lipinski definition) is 10. The third-order valence-electron chi connectivity index (χ3n) is 8.65. The number of phenolic OH excluding ortho intramolecular Hbond substituents is 1. The van der Waals surface area contributed by atoms with Crippen molar-refractivity contribution in [2.75, 3.05) is 21.3 Å². The first-order chi connectivity index (χ1) is 29.1. The fourth-order valence-corrected chi connectivity index (χ4v) is 5.59. The van der Waals surface area contributed by atoms with E-state index in [1.165, 1.54) is 84.9 Å². The molecule has 6 amide bonds. The van der Waals surface area contributed by atoms with Crippen LogP contribution in [0.1, 0.15) is 68.6 Å². The normalized spacial score (nSPS) is 11.6. The van der Waals surface area contributed by atoms with Gasteiger partial charge in [0.15, 0.2) is 17.6 Å². The maximum atomic E-state index is 13.3. The molecule has 2 atom stereocenters. The van der Waals surface area contributed by atoms with E-state index < -0.39 is 71.8 Å². The predicted octanol–water partition coefficient (Wildman–Crippen LogP) is 5.40. The first kappa shape index (κ1) is 43.9. The third kappa shape index (κ3) is 12.2. The minimum absolute atomic E-state index is 0.0223. The Kier molecular flexibility index (Phi) is 14.4. The van der Waals surface area contributed by atoms with Gasteiger partial charge in [0.25, 0.3) is 23.6 Å². The van der Waals surface area contributed by atoms with Crippen LogP contribution in [0.2, 0.25) is 0 Å². The van der Waals surface area contributed by atoms with E-state index in [2.05, 4.69) is 26.6 Å². The van der Waals surface area contributed by atoms with Crippen LogP contribution in [0.5, 0.6) is 17.2 Å². The van der Waals surface area contributed by atoms with Gasteiger partial charge in [-0.15, -0.1) is 0 Å². The molecule has 5 aromatic carbocycles. The molecule has 5 rings (SSSR count). The van der Waals surface area contributed by atoms with Crippen molar-refractivity contribution in [1.29, 1.82) is 0 Å². The highest BCUT2D eigenvalue weighted by atomic mass is 16.5. The molecule has 61 heavy (non-hydrogen) atoms. The Morgan fingerprint density at radius 1 is 0.590 bits per heavy atom. The van der Waals surface area contributed by atoms with E-state index in [9.17, 15) is 38.7 Å². The average Bonchev–Trinajstić information content (AvgIpc) is 3.22. The van der Waals surface area contributed by atoms with E-state index in [0.717, 1.165) is 0 Å². The highest BCUT2D eigenvalue weighted by Crippen LogP contribution is 2.39. The van der Waals surface area contributed by atoms with Crippen LogP contribution in [-0.4, -0.2) is 69.9 Å². The lowest BCUT2D eigenvalue weighted by Crippen LogP contribution is -2.46. The number of phenols is 1. The molecule has 0 aliphatic heterocycles. The minimum Gasteiger partial charge on any atom is -0.504 e.